The van der Waals surface area contributed by atoms with E-state index in [0.29, 0.717) is 17.3 Å². The van der Waals surface area contributed by atoms with Crippen molar-refractivity contribution in [3.63, 3.8) is 0 Å². The van der Waals surface area contributed by atoms with Crippen molar-refractivity contribution in [3.05, 3.63) is 29.3 Å². The third-order valence-corrected chi connectivity index (χ3v) is 3.52. The Morgan fingerprint density at radius 1 is 1.50 bits per heavy atom. The van der Waals surface area contributed by atoms with E-state index >= 15 is 0 Å². The van der Waals surface area contributed by atoms with Crippen molar-refractivity contribution < 1.29 is 14.3 Å². The largest absolute Gasteiger partial charge is 0.469 e. The fourth-order valence-electron chi connectivity index (χ4n) is 2.31. The number of anilines is 1. The summed E-state index contributed by atoms with van der Waals surface area (Å²) >= 11 is 5.86. The molecule has 1 unspecified atom stereocenters. The summed E-state index contributed by atoms with van der Waals surface area (Å²) in [7, 11) is 1.39. The maximum atomic E-state index is 11.9. The molecular weight excluding hydrogens is 280 g/mol. The number of rotatable bonds is 4. The van der Waals surface area contributed by atoms with Crippen LogP contribution >= 0.6 is 11.6 Å². The second kappa shape index (κ2) is 6.72. The van der Waals surface area contributed by atoms with E-state index in [0.717, 1.165) is 13.0 Å². The van der Waals surface area contributed by atoms with E-state index in [2.05, 4.69) is 5.32 Å². The molecule has 0 radical (unpaired) electrons. The molecule has 1 aromatic rings. The molecule has 0 bridgehead atoms. The monoisotopic (exact) mass is 296 g/mol. The van der Waals surface area contributed by atoms with E-state index < -0.39 is 0 Å². The fourth-order valence-corrected chi connectivity index (χ4v) is 2.50. The number of esters is 1. The Morgan fingerprint density at radius 2 is 2.30 bits per heavy atom. The second-order valence-corrected chi connectivity index (χ2v) is 5.24. The smallest absolute Gasteiger partial charge is 0.310 e. The van der Waals surface area contributed by atoms with E-state index in [4.69, 9.17) is 16.3 Å². The Morgan fingerprint density at radius 3 is 3.00 bits per heavy atom. The molecule has 1 atom stereocenters. The van der Waals surface area contributed by atoms with Crippen molar-refractivity contribution in [3.8, 4) is 0 Å². The minimum atomic E-state index is -0.206. The first kappa shape index (κ1) is 14.8. The molecular formula is C14H17ClN2O3. The van der Waals surface area contributed by atoms with Gasteiger partial charge in [-0.1, -0.05) is 17.7 Å². The minimum absolute atomic E-state index is 0.113. The highest BCUT2D eigenvalue weighted by Gasteiger charge is 2.29. The lowest BCUT2D eigenvalue weighted by Gasteiger charge is -2.15. The number of hydrogen-bond acceptors (Lipinski definition) is 4. The summed E-state index contributed by atoms with van der Waals surface area (Å²) in [6, 6.07) is 7.01. The maximum absolute atomic E-state index is 11.9. The van der Waals surface area contributed by atoms with Crippen molar-refractivity contribution in [2.75, 3.05) is 32.1 Å². The van der Waals surface area contributed by atoms with E-state index in [1.807, 2.05) is 4.90 Å². The van der Waals surface area contributed by atoms with E-state index in [9.17, 15) is 9.59 Å². The van der Waals surface area contributed by atoms with Crippen LogP contribution in [0.2, 0.25) is 5.02 Å². The van der Waals surface area contributed by atoms with E-state index in [-0.39, 0.29) is 24.3 Å². The lowest BCUT2D eigenvalue weighted by Crippen LogP contribution is -2.32. The number of nitrogens with zero attached hydrogens (tertiary/aromatic N) is 1. The predicted octanol–water partition coefficient (Wildman–Crippen LogP) is 1.77. The van der Waals surface area contributed by atoms with Crippen LogP contribution in [0.5, 0.6) is 0 Å². The first-order chi connectivity index (χ1) is 9.58. The van der Waals surface area contributed by atoms with E-state index in [1.165, 1.54) is 7.11 Å². The zero-order valence-electron chi connectivity index (χ0n) is 11.3. The van der Waals surface area contributed by atoms with Gasteiger partial charge in [0, 0.05) is 17.3 Å². The molecule has 1 aromatic carbocycles. The Labute approximate surface area is 122 Å². The molecule has 20 heavy (non-hydrogen) atoms. The van der Waals surface area contributed by atoms with Crippen LogP contribution in [0, 0.1) is 5.92 Å². The van der Waals surface area contributed by atoms with Crippen LogP contribution in [0.15, 0.2) is 24.3 Å². The second-order valence-electron chi connectivity index (χ2n) is 4.80. The summed E-state index contributed by atoms with van der Waals surface area (Å²) in [4.78, 5) is 25.3. The lowest BCUT2D eigenvalue weighted by molar-refractivity contribution is -0.145. The summed E-state index contributed by atoms with van der Waals surface area (Å²) in [6.45, 7) is 1.55. The Balaban J connectivity index is 1.82. The topological polar surface area (TPSA) is 58.6 Å². The molecule has 5 nitrogen and oxygen atoms in total. The standard InChI is InChI=1S/C14H17ClN2O3/c1-20-14(19)10-5-6-17(8-10)9-13(18)16-12-4-2-3-11(15)7-12/h2-4,7,10H,5-6,8-9H2,1H3,(H,16,18). The zero-order valence-corrected chi connectivity index (χ0v) is 12.0. The van der Waals surface area contributed by atoms with Crippen LogP contribution in [0.25, 0.3) is 0 Å². The number of benzene rings is 1. The van der Waals surface area contributed by atoms with Crippen molar-refractivity contribution in [2.45, 2.75) is 6.42 Å². The number of methoxy groups -OCH3 is 1. The number of carbonyl (C=O) groups excluding carboxylic acids is 2. The summed E-state index contributed by atoms with van der Waals surface area (Å²) in [5.74, 6) is -0.445. The maximum Gasteiger partial charge on any atom is 0.310 e. The molecule has 1 N–H and O–H groups in total. The zero-order chi connectivity index (χ0) is 14.5. The van der Waals surface area contributed by atoms with Gasteiger partial charge in [-0.3, -0.25) is 14.5 Å². The summed E-state index contributed by atoms with van der Waals surface area (Å²) in [5.41, 5.74) is 0.672. The van der Waals surface area contributed by atoms with Gasteiger partial charge in [-0.25, -0.2) is 0 Å². The molecule has 1 fully saturated rings. The van der Waals surface area contributed by atoms with Gasteiger partial charge >= 0.3 is 5.97 Å². The van der Waals surface area contributed by atoms with Crippen molar-refractivity contribution >= 4 is 29.2 Å². The Kier molecular flexibility index (Phi) is 4.98. The van der Waals surface area contributed by atoms with Gasteiger partial charge < -0.3 is 10.1 Å². The molecule has 2 rings (SSSR count). The molecule has 1 aliphatic heterocycles. The summed E-state index contributed by atoms with van der Waals surface area (Å²) in [5, 5.41) is 3.36. The fraction of sp³-hybridized carbons (Fsp3) is 0.429. The van der Waals surface area contributed by atoms with Crippen LogP contribution in [0.1, 0.15) is 6.42 Å². The molecule has 108 valence electrons. The average molecular weight is 297 g/mol. The molecule has 0 saturated carbocycles. The highest BCUT2D eigenvalue weighted by Crippen LogP contribution is 2.18. The van der Waals surface area contributed by atoms with Crippen molar-refractivity contribution in [2.24, 2.45) is 5.92 Å². The van der Waals surface area contributed by atoms with Crippen LogP contribution in [0.4, 0.5) is 5.69 Å². The van der Waals surface area contributed by atoms with Gasteiger partial charge in [-0.2, -0.15) is 0 Å². The lowest BCUT2D eigenvalue weighted by atomic mass is 10.1. The minimum Gasteiger partial charge on any atom is -0.469 e. The molecule has 1 heterocycles. The number of halogens is 1. The molecule has 6 heteroatoms. The quantitative estimate of drug-likeness (QED) is 0.861. The molecule has 0 spiro atoms. The molecule has 0 aromatic heterocycles. The number of amides is 1. The number of hydrogen-bond donors (Lipinski definition) is 1. The SMILES string of the molecule is COC(=O)C1CCN(CC(=O)Nc2cccc(Cl)c2)C1. The third-order valence-electron chi connectivity index (χ3n) is 3.28. The van der Waals surface area contributed by atoms with Crippen LogP contribution in [0.3, 0.4) is 0 Å². The molecule has 1 aliphatic rings. The number of ether oxygens (including phenoxy) is 1. The Hall–Kier alpha value is -1.59. The predicted molar refractivity (Wildman–Crippen MR) is 76.6 cm³/mol. The highest BCUT2D eigenvalue weighted by molar-refractivity contribution is 6.30. The van der Waals surface area contributed by atoms with Crippen LogP contribution in [-0.2, 0) is 14.3 Å². The Bertz CT molecular complexity index is 507. The number of nitrogens with one attached hydrogen (secondary N) is 1. The summed E-state index contributed by atoms with van der Waals surface area (Å²) < 4.78 is 4.72. The summed E-state index contributed by atoms with van der Waals surface area (Å²) in [6.07, 6.45) is 0.733. The van der Waals surface area contributed by atoms with Crippen molar-refractivity contribution in [1.82, 2.24) is 4.90 Å². The molecule has 1 amide bonds. The number of likely N-dealkylation sites (tertiary alicyclic amines) is 1. The normalized spacial score (nSPS) is 18.8. The first-order valence-electron chi connectivity index (χ1n) is 6.44. The first-order valence-corrected chi connectivity index (χ1v) is 6.82. The van der Waals surface area contributed by atoms with E-state index in [1.54, 1.807) is 24.3 Å². The highest BCUT2D eigenvalue weighted by atomic mass is 35.5. The van der Waals surface area contributed by atoms with Gasteiger partial charge in [0.1, 0.15) is 0 Å². The molecule has 0 aliphatic carbocycles. The van der Waals surface area contributed by atoms with Gasteiger partial charge in [-0.05, 0) is 31.2 Å². The number of carbonyl (C=O) groups is 2. The molecule has 1 saturated heterocycles. The average Bonchev–Trinajstić information content (AvgIpc) is 2.86. The van der Waals surface area contributed by atoms with Gasteiger partial charge in [0.25, 0.3) is 0 Å². The van der Waals surface area contributed by atoms with Crippen LogP contribution < -0.4 is 5.32 Å². The van der Waals surface area contributed by atoms with Crippen molar-refractivity contribution in [1.29, 1.82) is 0 Å². The van der Waals surface area contributed by atoms with Gasteiger partial charge in [0.2, 0.25) is 5.91 Å². The van der Waals surface area contributed by atoms with Crippen LogP contribution in [-0.4, -0.2) is 43.5 Å². The van der Waals surface area contributed by atoms with Gasteiger partial charge in [0.05, 0.1) is 19.6 Å². The van der Waals surface area contributed by atoms with Gasteiger partial charge in [-0.15, -0.1) is 0 Å². The van der Waals surface area contributed by atoms with Gasteiger partial charge in [0.15, 0.2) is 0 Å². The third kappa shape index (κ3) is 3.95.